The van der Waals surface area contributed by atoms with Crippen molar-refractivity contribution in [3.05, 3.63) is 65.2 Å². The first-order valence-electron chi connectivity index (χ1n) is 8.82. The first kappa shape index (κ1) is 19.5. The summed E-state index contributed by atoms with van der Waals surface area (Å²) in [5, 5.41) is 2.88. The molecule has 0 aliphatic rings. The lowest BCUT2D eigenvalue weighted by Gasteiger charge is -2.08. The Bertz CT molecular complexity index is 708. The van der Waals surface area contributed by atoms with Gasteiger partial charge in [0, 0.05) is 12.1 Å². The van der Waals surface area contributed by atoms with Crippen molar-refractivity contribution in [1.82, 2.24) is 5.32 Å². The van der Waals surface area contributed by atoms with Crippen LogP contribution >= 0.6 is 0 Å². The number of amides is 1. The monoisotopic (exact) mass is 355 g/mol. The van der Waals surface area contributed by atoms with Gasteiger partial charge < -0.3 is 14.8 Å². The van der Waals surface area contributed by atoms with Crippen molar-refractivity contribution in [2.45, 2.75) is 26.2 Å². The molecule has 138 valence electrons. The van der Waals surface area contributed by atoms with Crippen molar-refractivity contribution in [2.75, 3.05) is 20.3 Å². The highest BCUT2D eigenvalue weighted by Crippen LogP contribution is 2.13. The maximum absolute atomic E-state index is 12.1. The van der Waals surface area contributed by atoms with Gasteiger partial charge in [0.2, 0.25) is 0 Å². The summed E-state index contributed by atoms with van der Waals surface area (Å²) in [5.41, 5.74) is 2.07. The summed E-state index contributed by atoms with van der Waals surface area (Å²) in [7, 11) is 1.33. The fourth-order valence-corrected chi connectivity index (χ4v) is 2.38. The molecule has 1 amide bonds. The second kappa shape index (κ2) is 10.2. The van der Waals surface area contributed by atoms with Gasteiger partial charge >= 0.3 is 5.97 Å². The molecule has 0 bridgehead atoms. The third kappa shape index (κ3) is 5.92. The molecule has 0 radical (unpaired) electrons. The van der Waals surface area contributed by atoms with E-state index in [0.29, 0.717) is 17.7 Å². The van der Waals surface area contributed by atoms with Crippen molar-refractivity contribution in [3.8, 4) is 5.75 Å². The molecule has 0 fully saturated rings. The Morgan fingerprint density at radius 2 is 1.62 bits per heavy atom. The molecule has 5 heteroatoms. The Labute approximate surface area is 154 Å². The molecule has 0 unspecified atom stereocenters. The molecule has 0 saturated heterocycles. The number of carbonyl (C=O) groups is 2. The minimum atomic E-state index is -0.418. The molecule has 2 aromatic carbocycles. The van der Waals surface area contributed by atoms with E-state index in [2.05, 4.69) is 17.0 Å². The Morgan fingerprint density at radius 3 is 2.23 bits per heavy atom. The summed E-state index contributed by atoms with van der Waals surface area (Å²) < 4.78 is 10.3. The van der Waals surface area contributed by atoms with Gasteiger partial charge in [0.05, 0.1) is 19.3 Å². The predicted octanol–water partition coefficient (Wildman–Crippen LogP) is 3.62. The molecule has 0 aromatic heterocycles. The predicted molar refractivity (Wildman–Crippen MR) is 101 cm³/mol. The van der Waals surface area contributed by atoms with Crippen molar-refractivity contribution in [2.24, 2.45) is 0 Å². The van der Waals surface area contributed by atoms with Crippen LogP contribution in [-0.2, 0) is 11.2 Å². The van der Waals surface area contributed by atoms with E-state index in [9.17, 15) is 9.59 Å². The summed E-state index contributed by atoms with van der Waals surface area (Å²) in [6, 6.07) is 14.3. The number of ether oxygens (including phenoxy) is 2. The molecule has 2 rings (SSSR count). The highest BCUT2D eigenvalue weighted by Gasteiger charge is 2.08. The Kier molecular flexibility index (Phi) is 7.68. The van der Waals surface area contributed by atoms with E-state index in [4.69, 9.17) is 4.74 Å². The fourth-order valence-electron chi connectivity index (χ4n) is 2.38. The van der Waals surface area contributed by atoms with Crippen LogP contribution in [0, 0.1) is 0 Å². The van der Waals surface area contributed by atoms with Crippen LogP contribution in [0.5, 0.6) is 5.75 Å². The standard InChI is InChI=1S/C21H25NO4/c1-3-4-15-26-19-11-5-16(6-12-19)13-14-22-20(23)17-7-9-18(10-8-17)21(24)25-2/h5-12H,3-4,13-15H2,1-2H3,(H,22,23). The molecule has 0 spiro atoms. The Morgan fingerprint density at radius 1 is 0.962 bits per heavy atom. The van der Waals surface area contributed by atoms with Gasteiger partial charge in [0.1, 0.15) is 5.75 Å². The number of esters is 1. The quantitative estimate of drug-likeness (QED) is 0.551. The molecular weight excluding hydrogens is 330 g/mol. The smallest absolute Gasteiger partial charge is 0.337 e. The zero-order valence-electron chi connectivity index (χ0n) is 15.3. The van der Waals surface area contributed by atoms with Crippen LogP contribution < -0.4 is 10.1 Å². The number of unbranched alkanes of at least 4 members (excludes halogenated alkanes) is 1. The second-order valence-corrected chi connectivity index (χ2v) is 5.92. The summed E-state index contributed by atoms with van der Waals surface area (Å²) in [6.45, 7) is 3.41. The number of hydrogen-bond acceptors (Lipinski definition) is 4. The highest BCUT2D eigenvalue weighted by molar-refractivity contribution is 5.96. The van der Waals surface area contributed by atoms with Gasteiger partial charge in [-0.25, -0.2) is 4.79 Å². The van der Waals surface area contributed by atoms with E-state index in [1.165, 1.54) is 7.11 Å². The molecule has 2 aromatic rings. The largest absolute Gasteiger partial charge is 0.494 e. The molecular formula is C21H25NO4. The average Bonchev–Trinajstić information content (AvgIpc) is 2.69. The van der Waals surface area contributed by atoms with Crippen LogP contribution in [0.2, 0.25) is 0 Å². The van der Waals surface area contributed by atoms with Crippen molar-refractivity contribution in [3.63, 3.8) is 0 Å². The van der Waals surface area contributed by atoms with E-state index in [1.54, 1.807) is 24.3 Å². The summed E-state index contributed by atoms with van der Waals surface area (Å²) in [5.74, 6) is 0.289. The van der Waals surface area contributed by atoms with Crippen LogP contribution in [0.4, 0.5) is 0 Å². The highest BCUT2D eigenvalue weighted by atomic mass is 16.5. The van der Waals surface area contributed by atoms with Gasteiger partial charge in [-0.15, -0.1) is 0 Å². The van der Waals surface area contributed by atoms with Gasteiger partial charge in [-0.05, 0) is 54.8 Å². The molecule has 0 atom stereocenters. The number of hydrogen-bond donors (Lipinski definition) is 1. The lowest BCUT2D eigenvalue weighted by Crippen LogP contribution is -2.25. The number of carbonyl (C=O) groups excluding carboxylic acids is 2. The van der Waals surface area contributed by atoms with Gasteiger partial charge in [-0.1, -0.05) is 25.5 Å². The van der Waals surface area contributed by atoms with Crippen LogP contribution in [0.1, 0.15) is 46.0 Å². The maximum atomic E-state index is 12.1. The van der Waals surface area contributed by atoms with Gasteiger partial charge in [-0.2, -0.15) is 0 Å². The summed E-state index contributed by atoms with van der Waals surface area (Å²) in [4.78, 5) is 23.5. The van der Waals surface area contributed by atoms with Gasteiger partial charge in [0.15, 0.2) is 0 Å². The maximum Gasteiger partial charge on any atom is 0.337 e. The zero-order valence-corrected chi connectivity index (χ0v) is 15.3. The second-order valence-electron chi connectivity index (χ2n) is 5.92. The zero-order chi connectivity index (χ0) is 18.8. The topological polar surface area (TPSA) is 64.6 Å². The van der Waals surface area contributed by atoms with Crippen molar-refractivity contribution < 1.29 is 19.1 Å². The molecule has 0 aliphatic carbocycles. The van der Waals surface area contributed by atoms with Crippen LogP contribution in [0.25, 0.3) is 0 Å². The van der Waals surface area contributed by atoms with Crippen LogP contribution in [-0.4, -0.2) is 32.1 Å². The molecule has 26 heavy (non-hydrogen) atoms. The van der Waals surface area contributed by atoms with E-state index >= 15 is 0 Å². The minimum absolute atomic E-state index is 0.166. The number of benzene rings is 2. The van der Waals surface area contributed by atoms with E-state index < -0.39 is 5.97 Å². The number of rotatable bonds is 9. The Balaban J connectivity index is 1.78. The fraction of sp³-hybridized carbons (Fsp3) is 0.333. The minimum Gasteiger partial charge on any atom is -0.494 e. The van der Waals surface area contributed by atoms with E-state index in [0.717, 1.165) is 37.2 Å². The normalized spacial score (nSPS) is 10.2. The first-order valence-corrected chi connectivity index (χ1v) is 8.82. The van der Waals surface area contributed by atoms with E-state index in [1.807, 2.05) is 24.3 Å². The molecule has 0 saturated carbocycles. The SMILES string of the molecule is CCCCOc1ccc(CCNC(=O)c2ccc(C(=O)OC)cc2)cc1. The molecule has 1 N–H and O–H groups in total. The molecule has 0 heterocycles. The molecule has 5 nitrogen and oxygen atoms in total. The first-order chi connectivity index (χ1) is 12.6. The third-order valence-corrected chi connectivity index (χ3v) is 3.96. The van der Waals surface area contributed by atoms with Gasteiger partial charge in [-0.3, -0.25) is 4.79 Å². The van der Waals surface area contributed by atoms with Crippen LogP contribution in [0.15, 0.2) is 48.5 Å². The van der Waals surface area contributed by atoms with Crippen molar-refractivity contribution in [1.29, 1.82) is 0 Å². The number of nitrogens with one attached hydrogen (secondary N) is 1. The summed E-state index contributed by atoms with van der Waals surface area (Å²) >= 11 is 0. The average molecular weight is 355 g/mol. The number of methoxy groups -OCH3 is 1. The van der Waals surface area contributed by atoms with Crippen LogP contribution in [0.3, 0.4) is 0 Å². The third-order valence-electron chi connectivity index (χ3n) is 3.96. The lowest BCUT2D eigenvalue weighted by atomic mass is 10.1. The van der Waals surface area contributed by atoms with Crippen molar-refractivity contribution >= 4 is 11.9 Å². The summed E-state index contributed by atoms with van der Waals surface area (Å²) in [6.07, 6.45) is 2.90. The molecule has 0 aliphatic heterocycles. The Hall–Kier alpha value is -2.82. The van der Waals surface area contributed by atoms with E-state index in [-0.39, 0.29) is 5.91 Å². The lowest BCUT2D eigenvalue weighted by molar-refractivity contribution is 0.0600. The van der Waals surface area contributed by atoms with Gasteiger partial charge in [0.25, 0.3) is 5.91 Å².